The van der Waals surface area contributed by atoms with E-state index in [1.54, 1.807) is 18.2 Å². The van der Waals surface area contributed by atoms with Gasteiger partial charge in [0, 0.05) is 23.3 Å². The van der Waals surface area contributed by atoms with E-state index in [0.29, 0.717) is 17.3 Å². The standard InChI is InChI=1S/C15H16ClNO2/c1-3-4-7-12(9-15(18)19)17-10-13-11(2)6-5-8-14(13)16/h3-9,17H,1,10H2,2H3,(H,18,19)/b7-4-,12-9-. The van der Waals surface area contributed by atoms with E-state index < -0.39 is 5.97 Å². The van der Waals surface area contributed by atoms with Gasteiger partial charge in [-0.05, 0) is 30.2 Å². The zero-order valence-electron chi connectivity index (χ0n) is 10.7. The third-order valence-corrected chi connectivity index (χ3v) is 2.87. The molecule has 0 aromatic heterocycles. The Morgan fingerprint density at radius 2 is 2.26 bits per heavy atom. The Kier molecular flexibility index (Phi) is 5.90. The van der Waals surface area contributed by atoms with Crippen LogP contribution < -0.4 is 5.32 Å². The number of hydrogen-bond acceptors (Lipinski definition) is 2. The average molecular weight is 278 g/mol. The second kappa shape index (κ2) is 7.44. The summed E-state index contributed by atoms with van der Waals surface area (Å²) in [5, 5.41) is 12.5. The summed E-state index contributed by atoms with van der Waals surface area (Å²) in [6.45, 7) is 5.97. The Balaban J connectivity index is 2.85. The molecule has 0 saturated carbocycles. The number of allylic oxidation sites excluding steroid dienone is 3. The van der Waals surface area contributed by atoms with Crippen molar-refractivity contribution in [3.8, 4) is 0 Å². The molecule has 1 rings (SSSR count). The first-order valence-corrected chi connectivity index (χ1v) is 6.14. The van der Waals surface area contributed by atoms with Crippen LogP contribution in [0.4, 0.5) is 0 Å². The van der Waals surface area contributed by atoms with Crippen LogP contribution in [0.5, 0.6) is 0 Å². The summed E-state index contributed by atoms with van der Waals surface area (Å²) in [7, 11) is 0. The summed E-state index contributed by atoms with van der Waals surface area (Å²) >= 11 is 6.11. The van der Waals surface area contributed by atoms with Crippen LogP contribution in [0.25, 0.3) is 0 Å². The minimum Gasteiger partial charge on any atom is -0.478 e. The third-order valence-electron chi connectivity index (χ3n) is 2.51. The first-order valence-electron chi connectivity index (χ1n) is 5.76. The molecule has 0 spiro atoms. The van der Waals surface area contributed by atoms with Crippen molar-refractivity contribution in [3.63, 3.8) is 0 Å². The normalized spacial score (nSPS) is 11.6. The number of carbonyl (C=O) groups is 1. The Bertz CT molecular complexity index is 513. The molecule has 0 heterocycles. The highest BCUT2D eigenvalue weighted by Gasteiger charge is 2.04. The molecule has 0 aliphatic heterocycles. The van der Waals surface area contributed by atoms with Gasteiger partial charge in [0.25, 0.3) is 0 Å². The topological polar surface area (TPSA) is 49.3 Å². The quantitative estimate of drug-likeness (QED) is 0.618. The van der Waals surface area contributed by atoms with E-state index in [2.05, 4.69) is 11.9 Å². The molecule has 0 fully saturated rings. The minimum atomic E-state index is -1.01. The number of aryl methyl sites for hydroxylation is 1. The highest BCUT2D eigenvalue weighted by molar-refractivity contribution is 6.31. The lowest BCUT2D eigenvalue weighted by molar-refractivity contribution is -0.131. The van der Waals surface area contributed by atoms with E-state index in [1.807, 2.05) is 25.1 Å². The van der Waals surface area contributed by atoms with Crippen molar-refractivity contribution < 1.29 is 9.90 Å². The van der Waals surface area contributed by atoms with Crippen LogP contribution in [0, 0.1) is 6.92 Å². The van der Waals surface area contributed by atoms with Crippen LogP contribution in [0.2, 0.25) is 5.02 Å². The molecule has 0 atom stereocenters. The minimum absolute atomic E-state index is 0.464. The summed E-state index contributed by atoms with van der Waals surface area (Å²) in [4.78, 5) is 10.7. The number of rotatable bonds is 6. The number of nitrogens with one attached hydrogen (secondary N) is 1. The third kappa shape index (κ3) is 5.02. The van der Waals surface area contributed by atoms with Gasteiger partial charge in [0.15, 0.2) is 0 Å². The van der Waals surface area contributed by atoms with Crippen molar-refractivity contribution in [1.29, 1.82) is 0 Å². The van der Waals surface area contributed by atoms with E-state index in [0.717, 1.165) is 17.2 Å². The van der Waals surface area contributed by atoms with Gasteiger partial charge in [-0.3, -0.25) is 0 Å². The molecule has 3 nitrogen and oxygen atoms in total. The van der Waals surface area contributed by atoms with Gasteiger partial charge in [-0.1, -0.05) is 42.5 Å². The lowest BCUT2D eigenvalue weighted by Crippen LogP contribution is -2.14. The number of hydrogen-bond donors (Lipinski definition) is 2. The van der Waals surface area contributed by atoms with Gasteiger partial charge in [0.2, 0.25) is 0 Å². The van der Waals surface area contributed by atoms with Gasteiger partial charge in [-0.15, -0.1) is 0 Å². The van der Waals surface area contributed by atoms with Crippen molar-refractivity contribution >= 4 is 17.6 Å². The van der Waals surface area contributed by atoms with Gasteiger partial charge >= 0.3 is 5.97 Å². The van der Waals surface area contributed by atoms with Crippen LogP contribution in [-0.2, 0) is 11.3 Å². The van der Waals surface area contributed by atoms with Crippen molar-refractivity contribution in [2.75, 3.05) is 0 Å². The van der Waals surface area contributed by atoms with Crippen LogP contribution in [0.3, 0.4) is 0 Å². The smallest absolute Gasteiger partial charge is 0.330 e. The molecule has 2 N–H and O–H groups in total. The monoisotopic (exact) mass is 277 g/mol. The molecule has 0 radical (unpaired) electrons. The molecule has 0 amide bonds. The second-order valence-electron chi connectivity index (χ2n) is 3.92. The van der Waals surface area contributed by atoms with Gasteiger partial charge < -0.3 is 10.4 Å². The second-order valence-corrected chi connectivity index (χ2v) is 4.33. The maximum absolute atomic E-state index is 10.7. The fourth-order valence-electron chi connectivity index (χ4n) is 1.54. The van der Waals surface area contributed by atoms with Gasteiger partial charge in [0.1, 0.15) is 0 Å². The maximum Gasteiger partial charge on any atom is 0.330 e. The first kappa shape index (κ1) is 15.1. The molecule has 1 aromatic carbocycles. The maximum atomic E-state index is 10.7. The van der Waals surface area contributed by atoms with Crippen LogP contribution in [0.15, 0.2) is 54.8 Å². The zero-order chi connectivity index (χ0) is 14.3. The van der Waals surface area contributed by atoms with Crippen molar-refractivity contribution in [2.45, 2.75) is 13.5 Å². The summed E-state index contributed by atoms with van der Waals surface area (Å²) in [5.41, 5.74) is 2.50. The molecular formula is C15H16ClNO2. The average Bonchev–Trinajstić information content (AvgIpc) is 2.34. The molecule has 100 valence electrons. The summed E-state index contributed by atoms with van der Waals surface area (Å²) < 4.78 is 0. The largest absolute Gasteiger partial charge is 0.478 e. The fourth-order valence-corrected chi connectivity index (χ4v) is 1.83. The van der Waals surface area contributed by atoms with Crippen molar-refractivity contribution in [3.05, 3.63) is 70.9 Å². The Morgan fingerprint density at radius 1 is 1.53 bits per heavy atom. The molecule has 19 heavy (non-hydrogen) atoms. The van der Waals surface area contributed by atoms with Crippen LogP contribution in [0.1, 0.15) is 11.1 Å². The van der Waals surface area contributed by atoms with Crippen LogP contribution >= 0.6 is 11.6 Å². The Morgan fingerprint density at radius 3 is 2.84 bits per heavy atom. The number of benzene rings is 1. The Hall–Kier alpha value is -2.00. The predicted octanol–water partition coefficient (Wildman–Crippen LogP) is 3.45. The molecular weight excluding hydrogens is 262 g/mol. The molecule has 1 aromatic rings. The van der Waals surface area contributed by atoms with Crippen molar-refractivity contribution in [2.24, 2.45) is 0 Å². The molecule has 0 unspecified atom stereocenters. The highest BCUT2D eigenvalue weighted by Crippen LogP contribution is 2.19. The zero-order valence-corrected chi connectivity index (χ0v) is 11.4. The van der Waals surface area contributed by atoms with Crippen LogP contribution in [-0.4, -0.2) is 11.1 Å². The number of aliphatic carboxylic acids is 1. The van der Waals surface area contributed by atoms with Gasteiger partial charge in [0.05, 0.1) is 0 Å². The molecule has 0 aliphatic carbocycles. The fraction of sp³-hybridized carbons (Fsp3) is 0.133. The molecule has 0 saturated heterocycles. The highest BCUT2D eigenvalue weighted by atomic mass is 35.5. The summed E-state index contributed by atoms with van der Waals surface area (Å²) in [6.07, 6.45) is 6.00. The van der Waals surface area contributed by atoms with E-state index in [4.69, 9.17) is 16.7 Å². The lowest BCUT2D eigenvalue weighted by atomic mass is 10.1. The predicted molar refractivity (Wildman–Crippen MR) is 78.1 cm³/mol. The van der Waals surface area contributed by atoms with Gasteiger partial charge in [-0.25, -0.2) is 4.79 Å². The van der Waals surface area contributed by atoms with E-state index in [-0.39, 0.29) is 0 Å². The number of carboxylic acid groups (broad SMARTS) is 1. The molecule has 4 heteroatoms. The van der Waals surface area contributed by atoms with Crippen molar-refractivity contribution in [1.82, 2.24) is 5.32 Å². The first-order chi connectivity index (χ1) is 9.04. The molecule has 0 bridgehead atoms. The van der Waals surface area contributed by atoms with E-state index >= 15 is 0 Å². The number of halogens is 1. The lowest BCUT2D eigenvalue weighted by Gasteiger charge is -2.11. The Labute approximate surface area is 117 Å². The van der Waals surface area contributed by atoms with E-state index in [1.165, 1.54) is 0 Å². The number of carboxylic acids is 1. The SMILES string of the molecule is C=C/C=C\C(=C\C(=O)O)NCc1c(C)cccc1Cl. The van der Waals surface area contributed by atoms with E-state index in [9.17, 15) is 4.79 Å². The van der Waals surface area contributed by atoms with Gasteiger partial charge in [-0.2, -0.15) is 0 Å². The molecule has 0 aliphatic rings. The summed E-state index contributed by atoms with van der Waals surface area (Å²) in [6, 6.07) is 5.65. The summed E-state index contributed by atoms with van der Waals surface area (Å²) in [5.74, 6) is -1.01.